The first kappa shape index (κ1) is 40.2. The summed E-state index contributed by atoms with van der Waals surface area (Å²) in [5.41, 5.74) is 14.6. The van der Waals surface area contributed by atoms with Crippen LogP contribution in [0.15, 0.2) is 166 Å². The van der Waals surface area contributed by atoms with E-state index in [0.717, 1.165) is 101 Å². The largest absolute Gasteiger partial charge is 0.325 e. The van der Waals surface area contributed by atoms with Gasteiger partial charge in [0.1, 0.15) is 34.9 Å². The SMILES string of the molecule is Cc1cc(C)c(N2C3=NC(=Nc4[nH]c(cc4-c4ccccn4)N(c4c(C)cc(C)cc4C)C4=NC(=Nc5[nH]c2cc5-c2ccccn2)C(c2ccccn2)=C4)C(c2ccccn2)=C3)c(C)c1. The first-order valence-corrected chi connectivity index (χ1v) is 21.8. The third-order valence-corrected chi connectivity index (χ3v) is 11.9. The topological polar surface area (TPSA) is 139 Å². The van der Waals surface area contributed by atoms with E-state index in [-0.39, 0.29) is 0 Å². The van der Waals surface area contributed by atoms with Crippen LogP contribution >= 0.6 is 0 Å². The van der Waals surface area contributed by atoms with Gasteiger partial charge in [-0.15, -0.1) is 0 Å². The van der Waals surface area contributed by atoms with Crippen molar-refractivity contribution in [2.24, 2.45) is 20.0 Å². The highest BCUT2D eigenvalue weighted by Crippen LogP contribution is 2.44. The molecule has 11 rings (SSSR count). The number of hydrogen-bond acceptors (Lipinski definition) is 10. The van der Waals surface area contributed by atoms with E-state index in [9.17, 15) is 0 Å². The molecule has 3 aliphatic rings. The molecule has 66 heavy (non-hydrogen) atoms. The van der Waals surface area contributed by atoms with Gasteiger partial charge in [0, 0.05) is 47.1 Å². The second kappa shape index (κ2) is 16.2. The van der Waals surface area contributed by atoms with Crippen molar-refractivity contribution in [2.75, 3.05) is 9.80 Å². The quantitative estimate of drug-likeness (QED) is 0.171. The van der Waals surface area contributed by atoms with E-state index in [4.69, 9.17) is 39.9 Å². The highest BCUT2D eigenvalue weighted by molar-refractivity contribution is 6.39. The molecular weight excluding hydrogens is 817 g/mol. The fraction of sp³-hybridized carbons (Fsp3) is 0.111. The number of rotatable bonds is 6. The molecule has 0 spiro atoms. The van der Waals surface area contributed by atoms with Crippen LogP contribution in [0.1, 0.15) is 44.8 Å². The maximum atomic E-state index is 5.46. The zero-order valence-corrected chi connectivity index (χ0v) is 37.3. The maximum Gasteiger partial charge on any atom is 0.166 e. The summed E-state index contributed by atoms with van der Waals surface area (Å²) in [5, 5.41) is 0. The lowest BCUT2D eigenvalue weighted by molar-refractivity contribution is 1.18. The number of hydrogen-bond donors (Lipinski definition) is 2. The van der Waals surface area contributed by atoms with Crippen LogP contribution in [0.5, 0.6) is 0 Å². The molecule has 2 N–H and O–H groups in total. The van der Waals surface area contributed by atoms with E-state index in [1.807, 2.05) is 72.8 Å². The molecule has 12 nitrogen and oxygen atoms in total. The first-order valence-electron chi connectivity index (χ1n) is 21.8. The van der Waals surface area contributed by atoms with Crippen LogP contribution in [0.2, 0.25) is 0 Å². The normalized spacial score (nSPS) is 14.4. The van der Waals surface area contributed by atoms with Gasteiger partial charge in [-0.05, 0) is 137 Å². The summed E-state index contributed by atoms with van der Waals surface area (Å²) in [5.74, 6) is 4.83. The molecule has 2 aromatic carbocycles. The van der Waals surface area contributed by atoms with Gasteiger partial charge in [-0.3, -0.25) is 29.7 Å². The number of nitrogens with zero attached hydrogens (tertiary/aromatic N) is 10. The Labute approximate surface area is 382 Å². The lowest BCUT2D eigenvalue weighted by atomic mass is 10.0. The Balaban J connectivity index is 1.27. The van der Waals surface area contributed by atoms with Crippen molar-refractivity contribution in [3.63, 3.8) is 0 Å². The summed E-state index contributed by atoms with van der Waals surface area (Å²) in [6.45, 7) is 12.8. The smallest absolute Gasteiger partial charge is 0.166 e. The van der Waals surface area contributed by atoms with E-state index in [1.165, 1.54) is 0 Å². The van der Waals surface area contributed by atoms with E-state index < -0.39 is 0 Å². The number of H-pyrrole nitrogens is 2. The molecule has 0 saturated heterocycles. The summed E-state index contributed by atoms with van der Waals surface area (Å²) < 4.78 is 0. The molecule has 9 heterocycles. The predicted octanol–water partition coefficient (Wildman–Crippen LogP) is 12.1. The number of benzene rings is 2. The molecule has 0 atom stereocenters. The fourth-order valence-electron chi connectivity index (χ4n) is 9.30. The van der Waals surface area contributed by atoms with Crippen molar-refractivity contribution >= 4 is 69.1 Å². The van der Waals surface area contributed by atoms with Crippen molar-refractivity contribution in [3.8, 4) is 22.5 Å². The monoisotopic (exact) mass is 860 g/mol. The van der Waals surface area contributed by atoms with Crippen molar-refractivity contribution < 1.29 is 0 Å². The summed E-state index contributed by atoms with van der Waals surface area (Å²) in [4.78, 5) is 53.0. The summed E-state index contributed by atoms with van der Waals surface area (Å²) >= 11 is 0. The minimum absolute atomic E-state index is 0.482. The third kappa shape index (κ3) is 7.14. The third-order valence-electron chi connectivity index (χ3n) is 11.9. The van der Waals surface area contributed by atoms with Gasteiger partial charge in [-0.2, -0.15) is 0 Å². The molecule has 3 aliphatic heterocycles. The molecule has 0 unspecified atom stereocenters. The van der Waals surface area contributed by atoms with Crippen molar-refractivity contribution in [2.45, 2.75) is 41.5 Å². The van der Waals surface area contributed by atoms with Crippen LogP contribution in [-0.4, -0.2) is 53.2 Å². The lowest BCUT2D eigenvalue weighted by Crippen LogP contribution is -2.25. The number of fused-ring (bicyclic) bond motifs is 6. The minimum Gasteiger partial charge on any atom is -0.325 e. The van der Waals surface area contributed by atoms with E-state index in [2.05, 4.69) is 110 Å². The van der Waals surface area contributed by atoms with Gasteiger partial charge in [0.25, 0.3) is 0 Å². The average Bonchev–Trinajstić information content (AvgIpc) is 4.13. The second-order valence-corrected chi connectivity index (χ2v) is 16.8. The Hall–Kier alpha value is -8.64. The van der Waals surface area contributed by atoms with Crippen molar-refractivity contribution in [1.29, 1.82) is 0 Å². The van der Waals surface area contributed by atoms with Gasteiger partial charge in [0.2, 0.25) is 0 Å². The number of nitrogens with one attached hydrogen (secondary N) is 2. The highest BCUT2D eigenvalue weighted by Gasteiger charge is 2.33. The standard InChI is InChI=1S/C54H44N12/c1-31-23-33(3)49(34(4)24-31)65-45-27-37(41-15-7-11-19-55-41)51(59-45)63-53-39(43-17-9-13-21-57-43)29-47(61-53)66(50-35(5)25-32(2)26-36(50)6)48-30-40(44-18-10-14-22-58-44)54(62-48)64-52-38(28-46(65)60-52)42-16-8-12-20-56-42/h7-30,59,62H,1-6H3. The molecule has 0 aliphatic carbocycles. The lowest BCUT2D eigenvalue weighted by Gasteiger charge is -2.26. The summed E-state index contributed by atoms with van der Waals surface area (Å²) in [6, 6.07) is 36.5. The van der Waals surface area contributed by atoms with Gasteiger partial charge in [0.15, 0.2) is 11.7 Å². The van der Waals surface area contributed by atoms with Crippen LogP contribution in [0.25, 0.3) is 33.7 Å². The van der Waals surface area contributed by atoms with Crippen LogP contribution in [0.4, 0.5) is 34.6 Å². The maximum absolute atomic E-state index is 5.46. The number of aromatic nitrogens is 6. The number of aromatic amines is 2. The Kier molecular flexibility index (Phi) is 9.84. The number of aliphatic imine (C=N–C) groups is 4. The fourth-order valence-corrected chi connectivity index (χ4v) is 9.30. The van der Waals surface area contributed by atoms with E-state index in [0.29, 0.717) is 35.0 Å². The summed E-state index contributed by atoms with van der Waals surface area (Å²) in [6.07, 6.45) is 11.3. The zero-order chi connectivity index (χ0) is 45.1. The van der Waals surface area contributed by atoms with Gasteiger partial charge >= 0.3 is 0 Å². The van der Waals surface area contributed by atoms with Gasteiger partial charge in [-0.25, -0.2) is 20.0 Å². The number of aryl methyl sites for hydroxylation is 6. The average molecular weight is 861 g/mol. The summed E-state index contributed by atoms with van der Waals surface area (Å²) in [7, 11) is 0. The van der Waals surface area contributed by atoms with Crippen molar-refractivity contribution in [1.82, 2.24) is 29.9 Å². The molecule has 12 heteroatoms. The van der Waals surface area contributed by atoms with E-state index in [1.54, 1.807) is 24.8 Å². The number of amidine groups is 4. The van der Waals surface area contributed by atoms with Gasteiger partial charge in [0.05, 0.1) is 34.2 Å². The highest BCUT2D eigenvalue weighted by atomic mass is 15.3. The molecule has 320 valence electrons. The van der Waals surface area contributed by atoms with Crippen LogP contribution in [-0.2, 0) is 0 Å². The van der Waals surface area contributed by atoms with Gasteiger partial charge < -0.3 is 9.97 Å². The molecule has 6 aromatic heterocycles. The molecule has 8 aromatic rings. The van der Waals surface area contributed by atoms with Crippen LogP contribution in [0, 0.1) is 41.5 Å². The van der Waals surface area contributed by atoms with Crippen LogP contribution in [0.3, 0.4) is 0 Å². The van der Waals surface area contributed by atoms with Crippen molar-refractivity contribution in [3.05, 3.63) is 191 Å². The molecule has 0 saturated carbocycles. The molecule has 0 amide bonds. The Morgan fingerprint density at radius 2 is 0.742 bits per heavy atom. The number of anilines is 4. The molecule has 0 radical (unpaired) electrons. The van der Waals surface area contributed by atoms with Gasteiger partial charge in [-0.1, -0.05) is 59.7 Å². The van der Waals surface area contributed by atoms with Crippen LogP contribution < -0.4 is 9.80 Å². The Bertz CT molecular complexity index is 3130. The second-order valence-electron chi connectivity index (χ2n) is 16.8. The minimum atomic E-state index is 0.482. The predicted molar refractivity (Wildman–Crippen MR) is 267 cm³/mol. The molecule has 8 bridgehead atoms. The number of pyridine rings is 4. The molecule has 0 fully saturated rings. The Morgan fingerprint density at radius 1 is 0.394 bits per heavy atom. The molecular formula is C54H44N12. The zero-order valence-electron chi connectivity index (χ0n) is 37.3. The van der Waals surface area contributed by atoms with E-state index >= 15 is 0 Å². The Morgan fingerprint density at radius 3 is 1.08 bits per heavy atom. The first-order chi connectivity index (χ1) is 32.2.